The Morgan fingerprint density at radius 2 is 1.85 bits per heavy atom. The molecule has 0 bridgehead atoms. The zero-order valence-electron chi connectivity index (χ0n) is 10.9. The molecule has 2 aromatic carbocycles. The molecule has 0 spiro atoms. The molecule has 0 fully saturated rings. The SMILES string of the molecule is Cc1ccc2c(c1)C(=O)C(=O)N2Cc1ccccc1Br. The monoisotopic (exact) mass is 329 g/mol. The van der Waals surface area contributed by atoms with Gasteiger partial charge in [-0.3, -0.25) is 9.59 Å². The molecule has 0 unspecified atom stereocenters. The molecule has 0 saturated heterocycles. The van der Waals surface area contributed by atoms with Gasteiger partial charge in [0.25, 0.3) is 11.7 Å². The Balaban J connectivity index is 2.02. The number of nitrogens with zero attached hydrogens (tertiary/aromatic N) is 1. The third-order valence-electron chi connectivity index (χ3n) is 3.41. The van der Waals surface area contributed by atoms with Gasteiger partial charge in [-0.05, 0) is 30.7 Å². The van der Waals surface area contributed by atoms with Crippen molar-refractivity contribution >= 4 is 33.3 Å². The molecular weight excluding hydrogens is 318 g/mol. The number of hydrogen-bond acceptors (Lipinski definition) is 2. The summed E-state index contributed by atoms with van der Waals surface area (Å²) in [6, 6.07) is 13.2. The molecule has 2 aromatic rings. The molecule has 0 aliphatic carbocycles. The number of hydrogen-bond donors (Lipinski definition) is 0. The van der Waals surface area contributed by atoms with Crippen LogP contribution in [0.5, 0.6) is 0 Å². The lowest BCUT2D eigenvalue weighted by atomic mass is 10.1. The van der Waals surface area contributed by atoms with Crippen LogP contribution in [0, 0.1) is 6.92 Å². The molecule has 100 valence electrons. The fourth-order valence-electron chi connectivity index (χ4n) is 2.37. The van der Waals surface area contributed by atoms with Gasteiger partial charge < -0.3 is 4.90 Å². The highest BCUT2D eigenvalue weighted by molar-refractivity contribution is 9.10. The summed E-state index contributed by atoms with van der Waals surface area (Å²) in [5, 5.41) is 0. The number of amides is 1. The normalized spacial score (nSPS) is 13.8. The van der Waals surface area contributed by atoms with Crippen LogP contribution in [0.1, 0.15) is 21.5 Å². The van der Waals surface area contributed by atoms with Gasteiger partial charge >= 0.3 is 0 Å². The molecular formula is C16H12BrNO2. The number of halogens is 1. The first-order chi connectivity index (χ1) is 9.58. The molecule has 0 saturated carbocycles. The Morgan fingerprint density at radius 1 is 1.10 bits per heavy atom. The summed E-state index contributed by atoms with van der Waals surface area (Å²) in [5.74, 6) is -0.878. The van der Waals surface area contributed by atoms with E-state index >= 15 is 0 Å². The Labute approximate surface area is 125 Å². The molecule has 3 rings (SSSR count). The highest BCUT2D eigenvalue weighted by Crippen LogP contribution is 2.32. The molecule has 0 N–H and O–H groups in total. The van der Waals surface area contributed by atoms with Gasteiger partial charge in [0.1, 0.15) is 0 Å². The maximum absolute atomic E-state index is 12.2. The second-order valence-corrected chi connectivity index (χ2v) is 5.69. The van der Waals surface area contributed by atoms with Gasteiger partial charge in [0.15, 0.2) is 0 Å². The van der Waals surface area contributed by atoms with Crippen LogP contribution in [0.4, 0.5) is 5.69 Å². The number of anilines is 1. The van der Waals surface area contributed by atoms with Crippen molar-refractivity contribution in [1.82, 2.24) is 0 Å². The number of aryl methyl sites for hydroxylation is 1. The van der Waals surface area contributed by atoms with E-state index < -0.39 is 11.7 Å². The summed E-state index contributed by atoms with van der Waals surface area (Å²) in [5.41, 5.74) is 3.15. The van der Waals surface area contributed by atoms with Gasteiger partial charge in [-0.25, -0.2) is 0 Å². The van der Waals surface area contributed by atoms with Crippen molar-refractivity contribution in [3.05, 3.63) is 63.6 Å². The van der Waals surface area contributed by atoms with Gasteiger partial charge in [0.2, 0.25) is 0 Å². The third kappa shape index (κ3) is 2.06. The number of rotatable bonds is 2. The van der Waals surface area contributed by atoms with Crippen molar-refractivity contribution in [3.8, 4) is 0 Å². The molecule has 1 aliphatic rings. The van der Waals surface area contributed by atoms with Crippen molar-refractivity contribution in [3.63, 3.8) is 0 Å². The lowest BCUT2D eigenvalue weighted by molar-refractivity contribution is -0.114. The fraction of sp³-hybridized carbons (Fsp3) is 0.125. The molecule has 4 heteroatoms. The van der Waals surface area contributed by atoms with Gasteiger partial charge in [-0.2, -0.15) is 0 Å². The van der Waals surface area contributed by atoms with E-state index in [0.717, 1.165) is 15.6 Å². The summed E-state index contributed by atoms with van der Waals surface area (Å²) >= 11 is 3.47. The molecule has 3 nitrogen and oxygen atoms in total. The van der Waals surface area contributed by atoms with Crippen molar-refractivity contribution in [1.29, 1.82) is 0 Å². The van der Waals surface area contributed by atoms with Crippen LogP contribution < -0.4 is 4.90 Å². The number of carbonyl (C=O) groups is 2. The molecule has 20 heavy (non-hydrogen) atoms. The maximum Gasteiger partial charge on any atom is 0.299 e. The summed E-state index contributed by atoms with van der Waals surface area (Å²) < 4.78 is 0.931. The predicted molar refractivity (Wildman–Crippen MR) is 80.8 cm³/mol. The van der Waals surface area contributed by atoms with Gasteiger partial charge in [0, 0.05) is 4.47 Å². The number of fused-ring (bicyclic) bond motifs is 1. The Hall–Kier alpha value is -1.94. The van der Waals surface area contributed by atoms with Crippen LogP contribution in [-0.4, -0.2) is 11.7 Å². The van der Waals surface area contributed by atoms with Crippen molar-refractivity contribution < 1.29 is 9.59 Å². The van der Waals surface area contributed by atoms with Crippen LogP contribution in [0.25, 0.3) is 0 Å². The van der Waals surface area contributed by atoms with Gasteiger partial charge in [-0.15, -0.1) is 0 Å². The first kappa shape index (κ1) is 13.1. The lowest BCUT2D eigenvalue weighted by Crippen LogP contribution is -2.29. The van der Waals surface area contributed by atoms with E-state index in [4.69, 9.17) is 0 Å². The van der Waals surface area contributed by atoms with Crippen LogP contribution in [-0.2, 0) is 11.3 Å². The van der Waals surface area contributed by atoms with E-state index in [0.29, 0.717) is 17.8 Å². The van der Waals surface area contributed by atoms with Gasteiger partial charge in [0.05, 0.1) is 17.8 Å². The van der Waals surface area contributed by atoms with Crippen molar-refractivity contribution in [2.45, 2.75) is 13.5 Å². The van der Waals surface area contributed by atoms with Crippen LogP contribution >= 0.6 is 15.9 Å². The number of ketones is 1. The average molecular weight is 330 g/mol. The van der Waals surface area contributed by atoms with Crippen LogP contribution in [0.3, 0.4) is 0 Å². The molecule has 0 atom stereocenters. The summed E-state index contributed by atoms with van der Waals surface area (Å²) in [6.45, 7) is 2.30. The topological polar surface area (TPSA) is 37.4 Å². The van der Waals surface area contributed by atoms with Crippen LogP contribution in [0.2, 0.25) is 0 Å². The minimum atomic E-state index is -0.457. The average Bonchev–Trinajstić information content (AvgIpc) is 2.66. The second kappa shape index (κ2) is 4.87. The van der Waals surface area contributed by atoms with E-state index in [1.54, 1.807) is 6.07 Å². The summed E-state index contributed by atoms with van der Waals surface area (Å²) in [7, 11) is 0. The van der Waals surface area contributed by atoms with Crippen molar-refractivity contribution in [2.24, 2.45) is 0 Å². The van der Waals surface area contributed by atoms with E-state index in [9.17, 15) is 9.59 Å². The minimum absolute atomic E-state index is 0.391. The van der Waals surface area contributed by atoms with Crippen LogP contribution in [0.15, 0.2) is 46.9 Å². The first-order valence-corrected chi connectivity index (χ1v) is 7.07. The fourth-order valence-corrected chi connectivity index (χ4v) is 2.78. The number of benzene rings is 2. The Bertz CT molecular complexity index is 724. The quantitative estimate of drug-likeness (QED) is 0.791. The highest BCUT2D eigenvalue weighted by atomic mass is 79.9. The molecule has 1 amide bonds. The van der Waals surface area contributed by atoms with E-state index in [-0.39, 0.29) is 0 Å². The Kier molecular flexibility index (Phi) is 3.18. The first-order valence-electron chi connectivity index (χ1n) is 6.28. The molecule has 0 radical (unpaired) electrons. The van der Waals surface area contributed by atoms with E-state index in [2.05, 4.69) is 15.9 Å². The van der Waals surface area contributed by atoms with E-state index in [1.165, 1.54) is 4.90 Å². The summed E-state index contributed by atoms with van der Waals surface area (Å²) in [4.78, 5) is 25.7. The zero-order valence-corrected chi connectivity index (χ0v) is 12.5. The lowest BCUT2D eigenvalue weighted by Gasteiger charge is -2.17. The second-order valence-electron chi connectivity index (χ2n) is 4.83. The Morgan fingerprint density at radius 3 is 2.60 bits per heavy atom. The predicted octanol–water partition coefficient (Wildman–Crippen LogP) is 3.49. The standard InChI is InChI=1S/C16H12BrNO2/c1-10-6-7-14-12(8-10)15(19)16(20)18(14)9-11-4-2-3-5-13(11)17/h2-8H,9H2,1H3. The minimum Gasteiger partial charge on any atom is -0.300 e. The highest BCUT2D eigenvalue weighted by Gasteiger charge is 2.35. The van der Waals surface area contributed by atoms with E-state index in [1.807, 2.05) is 43.3 Å². The van der Waals surface area contributed by atoms with Crippen molar-refractivity contribution in [2.75, 3.05) is 4.90 Å². The largest absolute Gasteiger partial charge is 0.300 e. The summed E-state index contributed by atoms with van der Waals surface area (Å²) in [6.07, 6.45) is 0. The third-order valence-corrected chi connectivity index (χ3v) is 4.19. The maximum atomic E-state index is 12.2. The molecule has 0 aromatic heterocycles. The molecule has 1 aliphatic heterocycles. The number of Topliss-reactive ketones (excluding diaryl/α,β-unsaturated/α-hetero) is 1. The smallest absolute Gasteiger partial charge is 0.299 e. The molecule has 1 heterocycles. The van der Waals surface area contributed by atoms with Gasteiger partial charge in [-0.1, -0.05) is 45.8 Å². The number of carbonyl (C=O) groups excluding carboxylic acids is 2. The zero-order chi connectivity index (χ0) is 14.3.